The predicted molar refractivity (Wildman–Crippen MR) is 54.4 cm³/mol. The van der Waals surface area contributed by atoms with Crippen LogP contribution in [0.5, 0.6) is 0 Å². The van der Waals surface area contributed by atoms with E-state index in [1.807, 2.05) is 0 Å². The van der Waals surface area contributed by atoms with Gasteiger partial charge in [-0.2, -0.15) is 0 Å². The largest absolute Gasteiger partial charge is 0.476 e. The molecule has 7 heteroatoms. The third-order valence-corrected chi connectivity index (χ3v) is 2.33. The second-order valence-corrected chi connectivity index (χ2v) is 3.44. The molecule has 6 nitrogen and oxygen atoms in total. The van der Waals surface area contributed by atoms with Crippen molar-refractivity contribution < 1.29 is 9.90 Å². The van der Waals surface area contributed by atoms with Crippen LogP contribution in [0.4, 0.5) is 10.7 Å². The van der Waals surface area contributed by atoms with Crippen molar-refractivity contribution in [2.75, 3.05) is 5.32 Å². The van der Waals surface area contributed by atoms with E-state index in [9.17, 15) is 4.79 Å². The van der Waals surface area contributed by atoms with E-state index in [1.54, 1.807) is 12.4 Å². The Morgan fingerprint density at radius 1 is 1.40 bits per heavy atom. The van der Waals surface area contributed by atoms with Gasteiger partial charge < -0.3 is 10.4 Å². The van der Waals surface area contributed by atoms with Gasteiger partial charge in [0.25, 0.3) is 0 Å². The molecule has 0 spiro atoms. The van der Waals surface area contributed by atoms with Crippen LogP contribution in [0, 0.1) is 0 Å². The molecule has 0 saturated heterocycles. The summed E-state index contributed by atoms with van der Waals surface area (Å²) in [6, 6.07) is 0. The summed E-state index contributed by atoms with van der Waals surface area (Å²) in [7, 11) is 0. The fourth-order valence-electron chi connectivity index (χ4n) is 0.982. The zero-order chi connectivity index (χ0) is 10.7. The molecule has 2 rings (SSSR count). The van der Waals surface area contributed by atoms with Crippen molar-refractivity contribution >= 4 is 28.0 Å². The average molecular weight is 222 g/mol. The van der Waals surface area contributed by atoms with Crippen molar-refractivity contribution in [3.8, 4) is 0 Å². The van der Waals surface area contributed by atoms with Crippen LogP contribution in [0.2, 0.25) is 0 Å². The van der Waals surface area contributed by atoms with Gasteiger partial charge in [0.1, 0.15) is 11.3 Å². The Morgan fingerprint density at radius 3 is 2.80 bits per heavy atom. The maximum absolute atomic E-state index is 10.7. The van der Waals surface area contributed by atoms with Crippen LogP contribution in [0.1, 0.15) is 10.5 Å². The second kappa shape index (κ2) is 4.01. The fourth-order valence-corrected chi connectivity index (χ4v) is 1.67. The molecular weight excluding hydrogens is 216 g/mol. The topological polar surface area (TPSA) is 88.0 Å². The van der Waals surface area contributed by atoms with Crippen molar-refractivity contribution in [2.24, 2.45) is 0 Å². The minimum atomic E-state index is -1.06. The molecule has 0 aliphatic heterocycles. The molecule has 0 atom stereocenters. The summed E-state index contributed by atoms with van der Waals surface area (Å²) in [5, 5.41) is 12.2. The predicted octanol–water partition coefficient (Wildman–Crippen LogP) is 1.37. The van der Waals surface area contributed by atoms with E-state index < -0.39 is 5.97 Å². The number of hydrogen-bond acceptors (Lipinski definition) is 6. The average Bonchev–Trinajstić information content (AvgIpc) is 2.67. The third-order valence-electron chi connectivity index (χ3n) is 1.59. The van der Waals surface area contributed by atoms with Crippen LogP contribution in [-0.2, 0) is 0 Å². The smallest absolute Gasteiger partial charge is 0.357 e. The van der Waals surface area contributed by atoms with Gasteiger partial charge in [-0.3, -0.25) is 0 Å². The van der Waals surface area contributed by atoms with E-state index in [1.165, 1.54) is 23.2 Å². The number of rotatable bonds is 3. The van der Waals surface area contributed by atoms with Crippen LogP contribution in [0.3, 0.4) is 0 Å². The van der Waals surface area contributed by atoms with E-state index in [0.29, 0.717) is 10.7 Å². The lowest BCUT2D eigenvalue weighted by Gasteiger charge is -2.01. The fraction of sp³-hybridized carbons (Fsp3) is 0. The standard InChI is InChI=1S/C8H6N4O2S/c13-8(14)6-7(15-4-11-6)12-5-1-9-3-10-2-5/h1-4,12H,(H,13,14). The molecule has 0 bridgehead atoms. The van der Waals surface area contributed by atoms with Crippen LogP contribution in [0.15, 0.2) is 24.2 Å². The van der Waals surface area contributed by atoms with Crippen molar-refractivity contribution in [3.05, 3.63) is 29.9 Å². The molecule has 0 aliphatic carbocycles. The molecule has 2 heterocycles. The molecule has 0 fully saturated rings. The Kier molecular flexibility index (Phi) is 2.55. The van der Waals surface area contributed by atoms with Gasteiger partial charge in [-0.15, -0.1) is 11.3 Å². The minimum Gasteiger partial charge on any atom is -0.476 e. The Labute approximate surface area is 88.7 Å². The highest BCUT2D eigenvalue weighted by Gasteiger charge is 2.13. The van der Waals surface area contributed by atoms with Crippen LogP contribution >= 0.6 is 11.3 Å². The van der Waals surface area contributed by atoms with Gasteiger partial charge >= 0.3 is 5.97 Å². The first-order valence-electron chi connectivity index (χ1n) is 3.96. The van der Waals surface area contributed by atoms with Gasteiger partial charge in [-0.25, -0.2) is 19.7 Å². The summed E-state index contributed by atoms with van der Waals surface area (Å²) in [4.78, 5) is 22.1. The Balaban J connectivity index is 2.25. The number of thiazole rings is 1. The molecule has 2 N–H and O–H groups in total. The second-order valence-electron chi connectivity index (χ2n) is 2.59. The van der Waals surface area contributed by atoms with Gasteiger partial charge in [0, 0.05) is 0 Å². The number of carboxylic acid groups (broad SMARTS) is 1. The minimum absolute atomic E-state index is 0.00357. The van der Waals surface area contributed by atoms with E-state index >= 15 is 0 Å². The molecule has 2 aromatic rings. The van der Waals surface area contributed by atoms with Gasteiger partial charge in [0.15, 0.2) is 5.69 Å². The number of aromatic carboxylic acids is 1. The number of nitrogens with one attached hydrogen (secondary N) is 1. The highest BCUT2D eigenvalue weighted by Crippen LogP contribution is 2.23. The molecule has 0 saturated carbocycles. The quantitative estimate of drug-likeness (QED) is 0.815. The molecule has 2 aromatic heterocycles. The molecular formula is C8H6N4O2S. The lowest BCUT2D eigenvalue weighted by molar-refractivity contribution is 0.0692. The number of aromatic nitrogens is 3. The zero-order valence-corrected chi connectivity index (χ0v) is 8.23. The highest BCUT2D eigenvalue weighted by atomic mass is 32.1. The molecule has 0 unspecified atom stereocenters. The van der Waals surface area contributed by atoms with Crippen molar-refractivity contribution in [3.63, 3.8) is 0 Å². The summed E-state index contributed by atoms with van der Waals surface area (Å²) >= 11 is 1.21. The Bertz CT molecular complexity index is 471. The zero-order valence-electron chi connectivity index (χ0n) is 7.41. The molecule has 0 aromatic carbocycles. The number of carboxylic acids is 1. The maximum atomic E-state index is 10.7. The normalized spacial score (nSPS) is 9.87. The number of nitrogens with zero attached hydrogens (tertiary/aromatic N) is 3. The monoisotopic (exact) mass is 222 g/mol. The van der Waals surface area contributed by atoms with Gasteiger partial charge in [-0.05, 0) is 0 Å². The summed E-state index contributed by atoms with van der Waals surface area (Å²) in [6.07, 6.45) is 4.51. The summed E-state index contributed by atoms with van der Waals surface area (Å²) in [5.74, 6) is -1.06. The van der Waals surface area contributed by atoms with Gasteiger partial charge in [-0.1, -0.05) is 0 Å². The van der Waals surface area contributed by atoms with Crippen LogP contribution in [0.25, 0.3) is 0 Å². The molecule has 15 heavy (non-hydrogen) atoms. The number of hydrogen-bond donors (Lipinski definition) is 2. The summed E-state index contributed by atoms with van der Waals surface area (Å²) in [5.41, 5.74) is 2.10. The lowest BCUT2D eigenvalue weighted by atomic mass is 10.4. The van der Waals surface area contributed by atoms with Crippen LogP contribution < -0.4 is 5.32 Å². The highest BCUT2D eigenvalue weighted by molar-refractivity contribution is 7.14. The van der Waals surface area contributed by atoms with E-state index in [2.05, 4.69) is 20.3 Å². The molecule has 0 radical (unpaired) electrons. The summed E-state index contributed by atoms with van der Waals surface area (Å²) in [6.45, 7) is 0. The molecule has 0 aliphatic rings. The van der Waals surface area contributed by atoms with E-state index in [4.69, 9.17) is 5.11 Å². The van der Waals surface area contributed by atoms with Crippen molar-refractivity contribution in [1.29, 1.82) is 0 Å². The van der Waals surface area contributed by atoms with Crippen molar-refractivity contribution in [1.82, 2.24) is 15.0 Å². The number of anilines is 2. The van der Waals surface area contributed by atoms with Crippen molar-refractivity contribution in [2.45, 2.75) is 0 Å². The molecule has 0 amide bonds. The van der Waals surface area contributed by atoms with E-state index in [-0.39, 0.29) is 5.69 Å². The van der Waals surface area contributed by atoms with Gasteiger partial charge in [0.2, 0.25) is 0 Å². The maximum Gasteiger partial charge on any atom is 0.357 e. The first kappa shape index (κ1) is 9.53. The first-order chi connectivity index (χ1) is 7.27. The Hall–Kier alpha value is -2.02. The third kappa shape index (κ3) is 2.08. The molecule has 76 valence electrons. The first-order valence-corrected chi connectivity index (χ1v) is 4.84. The van der Waals surface area contributed by atoms with Crippen LogP contribution in [-0.4, -0.2) is 26.0 Å². The van der Waals surface area contributed by atoms with E-state index in [0.717, 1.165) is 0 Å². The van der Waals surface area contributed by atoms with Gasteiger partial charge in [0.05, 0.1) is 23.6 Å². The Morgan fingerprint density at radius 2 is 2.13 bits per heavy atom. The number of carbonyl (C=O) groups is 1. The SMILES string of the molecule is O=C(O)c1ncsc1Nc1cncnc1. The lowest BCUT2D eigenvalue weighted by Crippen LogP contribution is -2.01. The summed E-state index contributed by atoms with van der Waals surface area (Å²) < 4.78 is 0.